The van der Waals surface area contributed by atoms with Crippen LogP contribution >= 0.6 is 0 Å². The van der Waals surface area contributed by atoms with Crippen LogP contribution in [0.25, 0.3) is 5.57 Å². The first-order valence-corrected chi connectivity index (χ1v) is 7.72. The Morgan fingerprint density at radius 1 is 1.04 bits per heavy atom. The van der Waals surface area contributed by atoms with Crippen LogP contribution in [0.15, 0.2) is 66.7 Å². The Bertz CT molecular complexity index is 647. The summed E-state index contributed by atoms with van der Waals surface area (Å²) in [6.45, 7) is 3.78. The Balaban J connectivity index is 2.19. The molecular weight excluding hydrogens is 288 g/mol. The lowest BCUT2D eigenvalue weighted by Crippen LogP contribution is -2.26. The summed E-state index contributed by atoms with van der Waals surface area (Å²) >= 11 is 0. The summed E-state index contributed by atoms with van der Waals surface area (Å²) in [5.74, 6) is -0.561. The number of carbonyl (C=O) groups is 1. The van der Waals surface area contributed by atoms with Gasteiger partial charge in [0.1, 0.15) is 6.10 Å². The van der Waals surface area contributed by atoms with Gasteiger partial charge in [0.15, 0.2) is 0 Å². The number of rotatable bonds is 6. The molecule has 23 heavy (non-hydrogen) atoms. The van der Waals surface area contributed by atoms with Crippen molar-refractivity contribution in [3.05, 3.63) is 77.9 Å². The Morgan fingerprint density at radius 2 is 1.57 bits per heavy atom. The van der Waals surface area contributed by atoms with E-state index >= 15 is 0 Å². The average Bonchev–Trinajstić information content (AvgIpc) is 2.61. The van der Waals surface area contributed by atoms with Crippen LogP contribution in [0, 0.1) is 5.92 Å². The predicted molar refractivity (Wildman–Crippen MR) is 92.0 cm³/mol. The molecule has 0 heterocycles. The summed E-state index contributed by atoms with van der Waals surface area (Å²) in [4.78, 5) is 12.3. The predicted octanol–water partition coefficient (Wildman–Crippen LogP) is 3.94. The molecule has 0 aliphatic carbocycles. The molecule has 2 rings (SSSR count). The van der Waals surface area contributed by atoms with Crippen LogP contribution in [0.5, 0.6) is 0 Å². The number of hydrogen-bond acceptors (Lipinski definition) is 3. The number of esters is 1. The number of aliphatic hydroxyl groups excluding tert-OH is 1. The van der Waals surface area contributed by atoms with Crippen molar-refractivity contribution in [3.63, 3.8) is 0 Å². The molecule has 1 N–H and O–H groups in total. The molecule has 2 aromatic rings. The van der Waals surface area contributed by atoms with Gasteiger partial charge in [-0.05, 0) is 36.3 Å². The second-order valence-corrected chi connectivity index (χ2v) is 5.61. The highest BCUT2D eigenvalue weighted by Gasteiger charge is 2.20. The zero-order valence-corrected chi connectivity index (χ0v) is 13.5. The third kappa shape index (κ3) is 4.80. The maximum absolute atomic E-state index is 12.3. The van der Waals surface area contributed by atoms with Gasteiger partial charge in [0.2, 0.25) is 0 Å². The largest absolute Gasteiger partial charge is 0.454 e. The van der Waals surface area contributed by atoms with Crippen molar-refractivity contribution in [1.29, 1.82) is 0 Å². The Labute approximate surface area is 137 Å². The van der Waals surface area contributed by atoms with Crippen LogP contribution in [0.2, 0.25) is 0 Å². The Kier molecular flexibility index (Phi) is 6.12. The molecule has 0 aromatic heterocycles. The highest BCUT2D eigenvalue weighted by molar-refractivity contribution is 5.89. The molecule has 1 unspecified atom stereocenters. The molecule has 0 fully saturated rings. The van der Waals surface area contributed by atoms with E-state index in [2.05, 4.69) is 0 Å². The molecule has 120 valence electrons. The zero-order chi connectivity index (χ0) is 16.7. The van der Waals surface area contributed by atoms with Crippen molar-refractivity contribution in [2.75, 3.05) is 6.61 Å². The maximum Gasteiger partial charge on any atom is 0.338 e. The first kappa shape index (κ1) is 17.0. The summed E-state index contributed by atoms with van der Waals surface area (Å²) in [6, 6.07) is 18.8. The van der Waals surface area contributed by atoms with Gasteiger partial charge in [-0.1, -0.05) is 55.5 Å². The topological polar surface area (TPSA) is 46.5 Å². The molecule has 0 saturated carbocycles. The lowest BCUT2D eigenvalue weighted by molar-refractivity contribution is 0.0223. The number of carbonyl (C=O) groups excluding carboxylic acids is 1. The number of aliphatic hydroxyl groups is 1. The van der Waals surface area contributed by atoms with Crippen molar-refractivity contribution in [2.24, 2.45) is 5.92 Å². The quantitative estimate of drug-likeness (QED) is 0.822. The highest BCUT2D eigenvalue weighted by atomic mass is 16.5. The van der Waals surface area contributed by atoms with Crippen LogP contribution in [-0.4, -0.2) is 23.8 Å². The molecule has 2 aromatic carbocycles. The van der Waals surface area contributed by atoms with Crippen LogP contribution < -0.4 is 0 Å². The molecule has 0 amide bonds. The van der Waals surface area contributed by atoms with Gasteiger partial charge in [0, 0.05) is 12.5 Å². The SMILES string of the molecule is C/C(=C\C(OC(=O)c1ccccc1)[C@@H](C)CO)c1ccccc1. The van der Waals surface area contributed by atoms with Gasteiger partial charge < -0.3 is 9.84 Å². The number of benzene rings is 2. The maximum atomic E-state index is 12.3. The minimum atomic E-state index is -0.479. The Morgan fingerprint density at radius 3 is 2.09 bits per heavy atom. The fraction of sp³-hybridized carbons (Fsp3) is 0.250. The third-order valence-corrected chi connectivity index (χ3v) is 3.74. The van der Waals surface area contributed by atoms with E-state index in [1.807, 2.05) is 56.3 Å². The van der Waals surface area contributed by atoms with E-state index in [0.29, 0.717) is 5.56 Å². The standard InChI is InChI=1S/C20H22O3/c1-15(17-9-5-3-6-10-17)13-19(16(2)14-21)23-20(22)18-11-7-4-8-12-18/h3-13,16,19,21H,14H2,1-2H3/b15-13+/t16-,19?/m0/s1. The van der Waals surface area contributed by atoms with Gasteiger partial charge >= 0.3 is 5.97 Å². The molecule has 0 saturated heterocycles. The molecular formula is C20H22O3. The minimum absolute atomic E-state index is 0.0503. The molecule has 0 bridgehead atoms. The molecule has 3 nitrogen and oxygen atoms in total. The van der Waals surface area contributed by atoms with Crippen molar-refractivity contribution >= 4 is 11.5 Å². The van der Waals surface area contributed by atoms with E-state index in [1.165, 1.54) is 0 Å². The molecule has 0 spiro atoms. The molecule has 3 heteroatoms. The van der Waals surface area contributed by atoms with Crippen molar-refractivity contribution in [3.8, 4) is 0 Å². The third-order valence-electron chi connectivity index (χ3n) is 3.74. The number of ether oxygens (including phenoxy) is 1. The lowest BCUT2D eigenvalue weighted by atomic mass is 9.99. The van der Waals surface area contributed by atoms with Crippen LogP contribution in [-0.2, 0) is 4.74 Å². The van der Waals surface area contributed by atoms with Crippen LogP contribution in [0.4, 0.5) is 0 Å². The molecule has 0 aliphatic rings. The van der Waals surface area contributed by atoms with Gasteiger partial charge in [-0.2, -0.15) is 0 Å². The van der Waals surface area contributed by atoms with E-state index in [0.717, 1.165) is 11.1 Å². The summed E-state index contributed by atoms with van der Waals surface area (Å²) in [5, 5.41) is 9.45. The van der Waals surface area contributed by atoms with Gasteiger partial charge in [0.05, 0.1) is 5.56 Å². The van der Waals surface area contributed by atoms with Crippen molar-refractivity contribution in [1.82, 2.24) is 0 Å². The second kappa shape index (κ2) is 8.30. The number of allylic oxidation sites excluding steroid dienone is 1. The van der Waals surface area contributed by atoms with Crippen molar-refractivity contribution in [2.45, 2.75) is 20.0 Å². The fourth-order valence-electron chi connectivity index (χ4n) is 2.23. The van der Waals surface area contributed by atoms with Gasteiger partial charge in [0.25, 0.3) is 0 Å². The van der Waals surface area contributed by atoms with Gasteiger partial charge in [-0.3, -0.25) is 0 Å². The first-order chi connectivity index (χ1) is 11.1. The van der Waals surface area contributed by atoms with Gasteiger partial charge in [-0.25, -0.2) is 4.79 Å². The summed E-state index contributed by atoms with van der Waals surface area (Å²) < 4.78 is 5.61. The second-order valence-electron chi connectivity index (χ2n) is 5.61. The van der Waals surface area contributed by atoms with E-state index < -0.39 is 6.10 Å². The number of hydrogen-bond donors (Lipinski definition) is 1. The smallest absolute Gasteiger partial charge is 0.338 e. The molecule has 0 aliphatic heterocycles. The molecule has 0 radical (unpaired) electrons. The van der Waals surface area contributed by atoms with E-state index in [1.54, 1.807) is 24.3 Å². The molecule has 2 atom stereocenters. The highest BCUT2D eigenvalue weighted by Crippen LogP contribution is 2.19. The minimum Gasteiger partial charge on any atom is -0.454 e. The lowest BCUT2D eigenvalue weighted by Gasteiger charge is -2.21. The first-order valence-electron chi connectivity index (χ1n) is 7.72. The van der Waals surface area contributed by atoms with Crippen LogP contribution in [0.1, 0.15) is 29.8 Å². The van der Waals surface area contributed by atoms with Crippen LogP contribution in [0.3, 0.4) is 0 Å². The zero-order valence-electron chi connectivity index (χ0n) is 13.5. The normalized spacial score (nSPS) is 14.1. The van der Waals surface area contributed by atoms with E-state index in [9.17, 15) is 9.90 Å². The van der Waals surface area contributed by atoms with E-state index in [4.69, 9.17) is 4.74 Å². The van der Waals surface area contributed by atoms with Crippen molar-refractivity contribution < 1.29 is 14.6 Å². The summed E-state index contributed by atoms with van der Waals surface area (Å²) in [5.41, 5.74) is 2.59. The van der Waals surface area contributed by atoms with Gasteiger partial charge in [-0.15, -0.1) is 0 Å². The average molecular weight is 310 g/mol. The fourth-order valence-corrected chi connectivity index (χ4v) is 2.23. The van der Waals surface area contributed by atoms with E-state index in [-0.39, 0.29) is 18.5 Å². The summed E-state index contributed by atoms with van der Waals surface area (Å²) in [7, 11) is 0. The summed E-state index contributed by atoms with van der Waals surface area (Å²) in [6.07, 6.45) is 1.42. The monoisotopic (exact) mass is 310 g/mol. The Hall–Kier alpha value is -2.39.